The van der Waals surface area contributed by atoms with Crippen molar-refractivity contribution in [3.05, 3.63) is 36.4 Å². The van der Waals surface area contributed by atoms with Crippen molar-refractivity contribution in [1.82, 2.24) is 0 Å². The quantitative estimate of drug-likeness (QED) is 0.424. The maximum Gasteiger partial charge on any atom is 0.0491 e. The van der Waals surface area contributed by atoms with E-state index in [2.05, 4.69) is 10.9 Å². The highest BCUT2D eigenvalue weighted by molar-refractivity contribution is 5.88. The SMILES string of the molecule is NNc1ccc2cc(NN)ccc2c1. The number of nitrogens with one attached hydrogen (secondary N) is 2. The molecule has 0 fully saturated rings. The Hall–Kier alpha value is -1.78. The summed E-state index contributed by atoms with van der Waals surface area (Å²) in [5.74, 6) is 10.6. The molecule has 2 aromatic carbocycles. The molecule has 4 heteroatoms. The van der Waals surface area contributed by atoms with Gasteiger partial charge in [-0.05, 0) is 35.0 Å². The van der Waals surface area contributed by atoms with Crippen molar-refractivity contribution in [2.45, 2.75) is 0 Å². The number of nitrogens with two attached hydrogens (primary N) is 2. The summed E-state index contributed by atoms with van der Waals surface area (Å²) < 4.78 is 0. The summed E-state index contributed by atoms with van der Waals surface area (Å²) in [6, 6.07) is 11.8. The molecule has 0 bridgehead atoms. The zero-order valence-electron chi connectivity index (χ0n) is 7.62. The third-order valence-corrected chi connectivity index (χ3v) is 2.17. The zero-order valence-corrected chi connectivity index (χ0v) is 7.62. The van der Waals surface area contributed by atoms with Gasteiger partial charge in [0.2, 0.25) is 0 Å². The molecule has 0 saturated heterocycles. The van der Waals surface area contributed by atoms with E-state index < -0.39 is 0 Å². The van der Waals surface area contributed by atoms with Crippen molar-refractivity contribution in [1.29, 1.82) is 0 Å². The molecule has 14 heavy (non-hydrogen) atoms. The van der Waals surface area contributed by atoms with Gasteiger partial charge >= 0.3 is 0 Å². The molecule has 72 valence electrons. The molecule has 0 heterocycles. The number of fused-ring (bicyclic) bond motifs is 1. The van der Waals surface area contributed by atoms with Gasteiger partial charge in [0.05, 0.1) is 0 Å². The van der Waals surface area contributed by atoms with Crippen molar-refractivity contribution in [2.24, 2.45) is 11.7 Å². The number of hydrogen-bond acceptors (Lipinski definition) is 4. The molecule has 0 aromatic heterocycles. The fraction of sp³-hybridized carbons (Fsp3) is 0. The van der Waals surface area contributed by atoms with E-state index in [9.17, 15) is 0 Å². The lowest BCUT2D eigenvalue weighted by Crippen LogP contribution is -2.07. The van der Waals surface area contributed by atoms with Crippen LogP contribution in [0.2, 0.25) is 0 Å². The molecular weight excluding hydrogens is 176 g/mol. The Bertz CT molecular complexity index is 410. The molecule has 0 aliphatic heterocycles. The largest absolute Gasteiger partial charge is 0.324 e. The summed E-state index contributed by atoms with van der Waals surface area (Å²) in [6.07, 6.45) is 0. The molecule has 0 spiro atoms. The number of anilines is 2. The van der Waals surface area contributed by atoms with Gasteiger partial charge in [-0.2, -0.15) is 0 Å². The van der Waals surface area contributed by atoms with Crippen LogP contribution >= 0.6 is 0 Å². The molecule has 0 saturated carbocycles. The minimum atomic E-state index is 0.894. The molecule has 0 amide bonds. The molecule has 0 radical (unpaired) electrons. The first-order valence-corrected chi connectivity index (χ1v) is 4.30. The molecule has 6 N–H and O–H groups in total. The van der Waals surface area contributed by atoms with Crippen LogP contribution in [0.15, 0.2) is 36.4 Å². The Morgan fingerprint density at radius 3 is 1.50 bits per heavy atom. The predicted octanol–water partition coefficient (Wildman–Crippen LogP) is 1.41. The van der Waals surface area contributed by atoms with Crippen LogP contribution < -0.4 is 22.5 Å². The first-order chi connectivity index (χ1) is 6.83. The normalized spacial score (nSPS) is 10.1. The van der Waals surface area contributed by atoms with Gasteiger partial charge in [-0.3, -0.25) is 11.7 Å². The Morgan fingerprint density at radius 1 is 0.714 bits per heavy atom. The second kappa shape index (κ2) is 3.53. The number of hydrogen-bond donors (Lipinski definition) is 4. The lowest BCUT2D eigenvalue weighted by Gasteiger charge is -2.04. The van der Waals surface area contributed by atoms with Gasteiger partial charge in [0, 0.05) is 11.4 Å². The van der Waals surface area contributed by atoms with E-state index in [1.54, 1.807) is 0 Å². The molecule has 2 rings (SSSR count). The lowest BCUT2D eigenvalue weighted by atomic mass is 10.1. The summed E-state index contributed by atoms with van der Waals surface area (Å²) >= 11 is 0. The number of rotatable bonds is 2. The summed E-state index contributed by atoms with van der Waals surface area (Å²) in [5, 5.41) is 2.25. The van der Waals surface area contributed by atoms with Crippen molar-refractivity contribution < 1.29 is 0 Å². The standard InChI is InChI=1S/C10H12N4/c11-13-9-3-1-7-5-10(14-12)4-2-8(7)6-9/h1-6,13-14H,11-12H2. The van der Waals surface area contributed by atoms with E-state index in [4.69, 9.17) is 11.7 Å². The molecule has 0 atom stereocenters. The summed E-state index contributed by atoms with van der Waals surface area (Å²) in [4.78, 5) is 0. The minimum absolute atomic E-state index is 0.894. The van der Waals surface area contributed by atoms with Crippen LogP contribution in [0.5, 0.6) is 0 Å². The van der Waals surface area contributed by atoms with Crippen LogP contribution in [0.3, 0.4) is 0 Å². The smallest absolute Gasteiger partial charge is 0.0491 e. The summed E-state index contributed by atoms with van der Waals surface area (Å²) in [6.45, 7) is 0. The van der Waals surface area contributed by atoms with E-state index in [0.717, 1.165) is 22.1 Å². The van der Waals surface area contributed by atoms with Gasteiger partial charge in [0.25, 0.3) is 0 Å². The maximum atomic E-state index is 5.31. The van der Waals surface area contributed by atoms with Crippen molar-refractivity contribution >= 4 is 22.1 Å². The van der Waals surface area contributed by atoms with E-state index in [-0.39, 0.29) is 0 Å². The maximum absolute atomic E-state index is 5.31. The topological polar surface area (TPSA) is 76.1 Å². The number of benzene rings is 2. The van der Waals surface area contributed by atoms with Gasteiger partial charge in [-0.15, -0.1) is 0 Å². The highest BCUT2D eigenvalue weighted by Crippen LogP contribution is 2.21. The molecule has 0 aliphatic carbocycles. The summed E-state index contributed by atoms with van der Waals surface area (Å²) in [7, 11) is 0. The molecule has 0 aliphatic rings. The predicted molar refractivity (Wildman–Crippen MR) is 59.6 cm³/mol. The fourth-order valence-electron chi connectivity index (χ4n) is 1.43. The Morgan fingerprint density at radius 2 is 1.14 bits per heavy atom. The van der Waals surface area contributed by atoms with Crippen molar-refractivity contribution in [3.8, 4) is 0 Å². The van der Waals surface area contributed by atoms with Crippen molar-refractivity contribution in [3.63, 3.8) is 0 Å². The Labute approximate surface area is 81.8 Å². The fourth-order valence-corrected chi connectivity index (χ4v) is 1.43. The molecule has 0 unspecified atom stereocenters. The number of nitrogen functional groups attached to an aromatic ring is 2. The first kappa shape index (κ1) is 8.80. The van der Waals surface area contributed by atoms with E-state index in [1.807, 2.05) is 36.4 Å². The lowest BCUT2D eigenvalue weighted by molar-refractivity contribution is 1.35. The first-order valence-electron chi connectivity index (χ1n) is 4.30. The van der Waals surface area contributed by atoms with Crippen LogP contribution in [-0.4, -0.2) is 0 Å². The van der Waals surface area contributed by atoms with Crippen LogP contribution in [0.25, 0.3) is 10.8 Å². The van der Waals surface area contributed by atoms with Crippen LogP contribution in [-0.2, 0) is 0 Å². The third-order valence-electron chi connectivity index (χ3n) is 2.17. The third kappa shape index (κ3) is 1.48. The van der Waals surface area contributed by atoms with E-state index in [1.165, 1.54) is 0 Å². The van der Waals surface area contributed by atoms with Crippen LogP contribution in [0, 0.1) is 0 Å². The minimum Gasteiger partial charge on any atom is -0.324 e. The second-order valence-corrected chi connectivity index (χ2v) is 3.07. The summed E-state index contributed by atoms with van der Waals surface area (Å²) in [5.41, 5.74) is 7.00. The average molecular weight is 188 g/mol. The zero-order chi connectivity index (χ0) is 9.97. The Kier molecular flexibility index (Phi) is 2.22. The van der Waals surface area contributed by atoms with Gasteiger partial charge in [-0.1, -0.05) is 12.1 Å². The molecular formula is C10H12N4. The van der Waals surface area contributed by atoms with Crippen LogP contribution in [0.1, 0.15) is 0 Å². The molecule has 2 aromatic rings. The van der Waals surface area contributed by atoms with Gasteiger partial charge in [0.1, 0.15) is 0 Å². The van der Waals surface area contributed by atoms with Crippen LogP contribution in [0.4, 0.5) is 11.4 Å². The average Bonchev–Trinajstić information content (AvgIpc) is 2.27. The second-order valence-electron chi connectivity index (χ2n) is 3.07. The van der Waals surface area contributed by atoms with Gasteiger partial charge in [-0.25, -0.2) is 0 Å². The van der Waals surface area contributed by atoms with Crippen molar-refractivity contribution in [2.75, 3.05) is 10.9 Å². The van der Waals surface area contributed by atoms with Gasteiger partial charge < -0.3 is 10.9 Å². The highest BCUT2D eigenvalue weighted by atomic mass is 15.2. The highest BCUT2D eigenvalue weighted by Gasteiger charge is 1.96. The van der Waals surface area contributed by atoms with E-state index in [0.29, 0.717) is 0 Å². The van der Waals surface area contributed by atoms with E-state index >= 15 is 0 Å². The van der Waals surface area contributed by atoms with Gasteiger partial charge in [0.15, 0.2) is 0 Å². The molecule has 4 nitrogen and oxygen atoms in total. The monoisotopic (exact) mass is 188 g/mol. The number of hydrazine groups is 2. The Balaban J connectivity index is 2.57.